The van der Waals surface area contributed by atoms with Crippen LogP contribution in [-0.4, -0.2) is 52.3 Å². The molecule has 4 N–H and O–H groups in total. The van der Waals surface area contributed by atoms with Crippen molar-refractivity contribution in [2.75, 3.05) is 13.2 Å². The summed E-state index contributed by atoms with van der Waals surface area (Å²) in [6.45, 7) is -0.256. The first kappa shape index (κ1) is 30.1. The molecule has 3 heterocycles. The molecular weight excluding hydrogens is 600 g/mol. The van der Waals surface area contributed by atoms with Crippen molar-refractivity contribution >= 4 is 11.8 Å². The predicted octanol–water partition coefficient (Wildman–Crippen LogP) is 4.40. The highest BCUT2D eigenvalue weighted by Gasteiger charge is 2.57. The Morgan fingerprint density at radius 3 is 2.51 bits per heavy atom. The van der Waals surface area contributed by atoms with Crippen molar-refractivity contribution in [3.63, 3.8) is 0 Å². The fourth-order valence-corrected chi connectivity index (χ4v) is 4.93. The second-order valence-corrected chi connectivity index (χ2v) is 11.2. The van der Waals surface area contributed by atoms with Crippen LogP contribution in [0, 0.1) is 5.82 Å². The molecule has 14 heteroatoms. The van der Waals surface area contributed by atoms with Crippen LogP contribution >= 0.6 is 0 Å². The Kier molecular flexibility index (Phi) is 7.26. The fourth-order valence-electron chi connectivity index (χ4n) is 4.93. The van der Waals surface area contributed by atoms with E-state index in [0.717, 1.165) is 31.0 Å². The van der Waals surface area contributed by atoms with Crippen LogP contribution in [0.3, 0.4) is 0 Å². The standard InChI is InChI=1S/C31H26F4N4O6/c1-29(28(36)41)14-44-26-21(29)11-24(39-25(26)16-2-5-18(32)6-3-16)30(42,31(33,34)35)13-37-27(40)17-4-9-20(22-12-43-15-38-22)23(10-17)45-19-7-8-19/h2-6,9-12,15,19,42H,7-8,13-14H2,1H3,(H2,36,41)(H,37,40)/t29-,30-/m0/s1. The molecular formula is C31H26F4N4O6. The number of hydrogen-bond donors (Lipinski definition) is 3. The van der Waals surface area contributed by atoms with Gasteiger partial charge in [0.15, 0.2) is 6.39 Å². The Labute approximate surface area is 253 Å². The SMILES string of the molecule is C[C@]1(C(N)=O)COc2c1cc([C@@](O)(CNC(=O)c1ccc(-c3cocn3)c(OC3CC3)c1)C(F)(F)F)nc2-c1ccc(F)cc1. The number of carbonyl (C=O) groups excluding carboxylic acids is 2. The van der Waals surface area contributed by atoms with Crippen molar-refractivity contribution in [2.24, 2.45) is 5.73 Å². The highest BCUT2D eigenvalue weighted by Crippen LogP contribution is 2.47. The molecule has 10 nitrogen and oxygen atoms in total. The fraction of sp³-hybridized carbons (Fsp3) is 0.290. The maximum atomic E-state index is 14.7. The third-order valence-corrected chi connectivity index (χ3v) is 7.90. The maximum Gasteiger partial charge on any atom is 0.424 e. The second kappa shape index (κ2) is 10.9. The molecule has 45 heavy (non-hydrogen) atoms. The molecule has 1 saturated carbocycles. The van der Waals surface area contributed by atoms with Crippen LogP contribution in [0.2, 0.25) is 0 Å². The number of nitrogens with two attached hydrogens (primary N) is 1. The number of ether oxygens (including phenoxy) is 2. The predicted molar refractivity (Wildman–Crippen MR) is 150 cm³/mol. The van der Waals surface area contributed by atoms with Gasteiger partial charge in [-0.25, -0.2) is 14.4 Å². The molecule has 1 aliphatic heterocycles. The quantitative estimate of drug-likeness (QED) is 0.232. The van der Waals surface area contributed by atoms with Gasteiger partial charge in [0.25, 0.3) is 5.91 Å². The van der Waals surface area contributed by atoms with E-state index in [-0.39, 0.29) is 40.8 Å². The monoisotopic (exact) mass is 626 g/mol. The molecule has 0 bridgehead atoms. The lowest BCUT2D eigenvalue weighted by Gasteiger charge is -2.31. The molecule has 234 valence electrons. The summed E-state index contributed by atoms with van der Waals surface area (Å²) in [7, 11) is 0. The van der Waals surface area contributed by atoms with Crippen molar-refractivity contribution in [2.45, 2.75) is 43.1 Å². The van der Waals surface area contributed by atoms with Gasteiger partial charge in [-0.15, -0.1) is 0 Å². The number of fused-ring (bicyclic) bond motifs is 1. The summed E-state index contributed by atoms with van der Waals surface area (Å²) in [6, 6.07) is 9.86. The third kappa shape index (κ3) is 5.45. The summed E-state index contributed by atoms with van der Waals surface area (Å²) in [5, 5.41) is 13.4. The average Bonchev–Trinajstić information content (AvgIpc) is 3.51. The largest absolute Gasteiger partial charge is 0.490 e. The van der Waals surface area contributed by atoms with Crippen LogP contribution in [0.15, 0.2) is 65.6 Å². The first-order chi connectivity index (χ1) is 21.3. The summed E-state index contributed by atoms with van der Waals surface area (Å²) in [5.41, 5.74) is 0.242. The van der Waals surface area contributed by atoms with Crippen LogP contribution in [0.4, 0.5) is 17.6 Å². The number of nitrogens with zero attached hydrogens (tertiary/aromatic N) is 2. The normalized spacial score (nSPS) is 18.9. The number of amides is 2. The van der Waals surface area contributed by atoms with E-state index < -0.39 is 47.1 Å². The van der Waals surface area contributed by atoms with Crippen LogP contribution in [-0.2, 0) is 15.8 Å². The van der Waals surface area contributed by atoms with E-state index in [1.165, 1.54) is 49.9 Å². The molecule has 0 saturated heterocycles. The molecule has 1 aliphatic carbocycles. The van der Waals surface area contributed by atoms with E-state index in [1.54, 1.807) is 0 Å². The van der Waals surface area contributed by atoms with Crippen LogP contribution in [0.1, 0.15) is 41.4 Å². The van der Waals surface area contributed by atoms with Gasteiger partial charge in [0.1, 0.15) is 47.0 Å². The number of alkyl halides is 3. The minimum atomic E-state index is -5.36. The van der Waals surface area contributed by atoms with Crippen molar-refractivity contribution in [1.82, 2.24) is 15.3 Å². The second-order valence-electron chi connectivity index (χ2n) is 11.2. The lowest BCUT2D eigenvalue weighted by atomic mass is 9.81. The Morgan fingerprint density at radius 1 is 1.16 bits per heavy atom. The van der Waals surface area contributed by atoms with Crippen LogP contribution < -0.4 is 20.5 Å². The summed E-state index contributed by atoms with van der Waals surface area (Å²) >= 11 is 0. The zero-order chi connectivity index (χ0) is 32.1. The number of oxazole rings is 1. The number of hydrogen-bond acceptors (Lipinski definition) is 8. The Balaban J connectivity index is 1.37. The summed E-state index contributed by atoms with van der Waals surface area (Å²) in [4.78, 5) is 33.8. The summed E-state index contributed by atoms with van der Waals surface area (Å²) in [5.74, 6) is -2.17. The van der Waals surface area contributed by atoms with Gasteiger partial charge < -0.3 is 30.0 Å². The van der Waals surface area contributed by atoms with Gasteiger partial charge in [-0.1, -0.05) is 0 Å². The number of pyridine rings is 1. The Morgan fingerprint density at radius 2 is 1.89 bits per heavy atom. The van der Waals surface area contributed by atoms with Crippen molar-refractivity contribution < 1.29 is 46.1 Å². The lowest BCUT2D eigenvalue weighted by molar-refractivity contribution is -0.265. The van der Waals surface area contributed by atoms with Crippen molar-refractivity contribution in [3.8, 4) is 34.0 Å². The molecule has 1 fully saturated rings. The molecule has 2 aromatic heterocycles. The number of benzene rings is 2. The van der Waals surface area contributed by atoms with E-state index in [2.05, 4.69) is 15.3 Å². The molecule has 2 aliphatic rings. The first-order valence-electron chi connectivity index (χ1n) is 13.8. The van der Waals surface area contributed by atoms with Crippen molar-refractivity contribution in [3.05, 3.63) is 83.8 Å². The maximum absolute atomic E-state index is 14.7. The van der Waals surface area contributed by atoms with Gasteiger partial charge in [0.05, 0.1) is 18.3 Å². The molecule has 4 aromatic rings. The highest BCUT2D eigenvalue weighted by atomic mass is 19.4. The first-order valence-corrected chi connectivity index (χ1v) is 13.8. The van der Waals surface area contributed by atoms with Gasteiger partial charge in [-0.2, -0.15) is 13.2 Å². The minimum absolute atomic E-state index is 0.0318. The molecule has 0 spiro atoms. The highest BCUT2D eigenvalue weighted by molar-refractivity contribution is 5.95. The zero-order valence-corrected chi connectivity index (χ0v) is 23.7. The van der Waals surface area contributed by atoms with E-state index >= 15 is 0 Å². The van der Waals surface area contributed by atoms with Gasteiger partial charge in [-0.05, 0) is 68.3 Å². The Bertz CT molecular complexity index is 1780. The average molecular weight is 627 g/mol. The van der Waals surface area contributed by atoms with Gasteiger partial charge in [-0.3, -0.25) is 9.59 Å². The van der Waals surface area contributed by atoms with E-state index in [0.29, 0.717) is 17.0 Å². The van der Waals surface area contributed by atoms with Crippen LogP contribution in [0.5, 0.6) is 11.5 Å². The number of halogens is 4. The number of aliphatic hydroxyl groups is 1. The number of aromatic nitrogens is 2. The van der Waals surface area contributed by atoms with Gasteiger partial charge in [0, 0.05) is 22.3 Å². The minimum Gasteiger partial charge on any atom is -0.490 e. The number of primary amides is 1. The number of carbonyl (C=O) groups is 2. The van der Waals surface area contributed by atoms with Gasteiger partial charge in [0.2, 0.25) is 11.5 Å². The van der Waals surface area contributed by atoms with Gasteiger partial charge >= 0.3 is 6.18 Å². The van der Waals surface area contributed by atoms with E-state index in [9.17, 15) is 32.3 Å². The molecule has 2 amide bonds. The smallest absolute Gasteiger partial charge is 0.424 e. The topological polar surface area (TPSA) is 150 Å². The zero-order valence-electron chi connectivity index (χ0n) is 23.7. The van der Waals surface area contributed by atoms with Crippen molar-refractivity contribution in [1.29, 1.82) is 0 Å². The molecule has 2 aromatic carbocycles. The molecule has 2 atom stereocenters. The third-order valence-electron chi connectivity index (χ3n) is 7.90. The summed E-state index contributed by atoms with van der Waals surface area (Å²) < 4.78 is 74.4. The Hall–Kier alpha value is -4.98. The van der Waals surface area contributed by atoms with E-state index in [1.807, 2.05) is 0 Å². The van der Waals surface area contributed by atoms with Crippen LogP contribution in [0.25, 0.3) is 22.5 Å². The molecule has 0 unspecified atom stereocenters. The molecule has 0 radical (unpaired) electrons. The summed E-state index contributed by atoms with van der Waals surface area (Å²) in [6.07, 6.45) is -1.21. The number of rotatable bonds is 9. The number of nitrogens with one attached hydrogen (secondary N) is 1. The molecule has 6 rings (SSSR count). The lowest BCUT2D eigenvalue weighted by Crippen LogP contribution is -2.51. The van der Waals surface area contributed by atoms with E-state index in [4.69, 9.17) is 19.6 Å².